The van der Waals surface area contributed by atoms with Gasteiger partial charge in [-0.05, 0) is 12.1 Å². The number of nitrogens with zero attached hydrogens (tertiary/aromatic N) is 3. The zero-order chi connectivity index (χ0) is 21.9. The number of ether oxygens (including phenoxy) is 1. The number of carbonyl (C=O) groups is 2. The van der Waals surface area contributed by atoms with E-state index in [2.05, 4.69) is 9.97 Å². The van der Waals surface area contributed by atoms with Crippen molar-refractivity contribution in [2.75, 3.05) is 4.90 Å². The summed E-state index contributed by atoms with van der Waals surface area (Å²) in [7, 11) is 0. The summed E-state index contributed by atoms with van der Waals surface area (Å²) in [4.78, 5) is 34.4. The Morgan fingerprint density at radius 2 is 2.00 bits per heavy atom. The highest BCUT2D eigenvalue weighted by Gasteiger charge is 2.34. The molecule has 2 aromatic heterocycles. The van der Waals surface area contributed by atoms with Crippen LogP contribution in [-0.4, -0.2) is 28.1 Å². The number of fused-ring (bicyclic) bond motifs is 1. The maximum absolute atomic E-state index is 13.3. The molecule has 0 spiro atoms. The Morgan fingerprint density at radius 3 is 2.60 bits per heavy atom. The number of thiazole rings is 1. The number of alkyl halides is 3. The molecule has 0 aliphatic heterocycles. The summed E-state index contributed by atoms with van der Waals surface area (Å²) in [5, 5.41) is 2.14. The van der Waals surface area contributed by atoms with Crippen LogP contribution in [0.2, 0.25) is 0 Å². The second-order valence-corrected chi connectivity index (χ2v) is 7.17. The summed E-state index contributed by atoms with van der Waals surface area (Å²) in [6.07, 6.45) is -2.44. The summed E-state index contributed by atoms with van der Waals surface area (Å²) in [5.41, 5.74) is -1.06. The lowest BCUT2D eigenvalue weighted by atomic mass is 10.1. The van der Waals surface area contributed by atoms with E-state index in [1.54, 1.807) is 19.2 Å². The average molecular weight is 437 g/mol. The van der Waals surface area contributed by atoms with Crippen LogP contribution in [0.3, 0.4) is 0 Å². The lowest BCUT2D eigenvalue weighted by Crippen LogP contribution is -2.43. The molecule has 0 radical (unpaired) electrons. The molecule has 10 heteroatoms. The maximum atomic E-state index is 13.3. The summed E-state index contributed by atoms with van der Waals surface area (Å²) in [5.74, 6) is -1.06. The van der Waals surface area contributed by atoms with Crippen molar-refractivity contribution in [2.24, 2.45) is 0 Å². The number of halogens is 3. The van der Waals surface area contributed by atoms with Gasteiger partial charge in [0.2, 0.25) is 0 Å². The SMILES string of the molecule is CCC(=O)OC(CC)N(C(=O)c1cnc2c(C(F)(F)F)cccc2c1)c1nccs1. The summed E-state index contributed by atoms with van der Waals surface area (Å²) in [6.45, 7) is 3.38. The van der Waals surface area contributed by atoms with E-state index in [4.69, 9.17) is 4.74 Å². The molecule has 0 fully saturated rings. The van der Waals surface area contributed by atoms with E-state index in [9.17, 15) is 22.8 Å². The van der Waals surface area contributed by atoms with E-state index >= 15 is 0 Å². The molecule has 0 N–H and O–H groups in total. The Kier molecular flexibility index (Phi) is 6.35. The summed E-state index contributed by atoms with van der Waals surface area (Å²) in [6, 6.07) is 5.00. The molecule has 3 rings (SSSR count). The van der Waals surface area contributed by atoms with Crippen LogP contribution in [0.25, 0.3) is 10.9 Å². The van der Waals surface area contributed by atoms with Gasteiger partial charge in [0.15, 0.2) is 11.4 Å². The Balaban J connectivity index is 2.04. The highest BCUT2D eigenvalue weighted by molar-refractivity contribution is 7.13. The molecule has 0 saturated heterocycles. The maximum Gasteiger partial charge on any atom is 0.418 e. The van der Waals surface area contributed by atoms with E-state index in [1.165, 1.54) is 40.6 Å². The minimum atomic E-state index is -4.56. The molecular weight excluding hydrogens is 419 g/mol. The number of rotatable bonds is 6. The van der Waals surface area contributed by atoms with E-state index in [-0.39, 0.29) is 22.9 Å². The quantitative estimate of drug-likeness (QED) is 0.399. The predicted octanol–water partition coefficient (Wildman–Crippen LogP) is 5.05. The van der Waals surface area contributed by atoms with Crippen LogP contribution in [-0.2, 0) is 15.7 Å². The zero-order valence-electron chi connectivity index (χ0n) is 16.1. The fourth-order valence-electron chi connectivity index (χ4n) is 2.87. The predicted molar refractivity (Wildman–Crippen MR) is 106 cm³/mol. The van der Waals surface area contributed by atoms with Crippen LogP contribution >= 0.6 is 11.3 Å². The van der Waals surface area contributed by atoms with Gasteiger partial charge in [-0.25, -0.2) is 9.88 Å². The summed E-state index contributed by atoms with van der Waals surface area (Å²) >= 11 is 1.18. The standard InChI is InChI=1S/C20H18F3N3O3S/c1-3-15(29-16(27)4-2)26(19-24-8-9-30-19)18(28)13-10-12-6-5-7-14(20(21,22)23)17(12)25-11-13/h5-11,15H,3-4H2,1-2H3. The molecule has 1 aromatic carbocycles. The first kappa shape index (κ1) is 21.7. The number of hydrogen-bond acceptors (Lipinski definition) is 6. The fourth-order valence-corrected chi connectivity index (χ4v) is 3.55. The van der Waals surface area contributed by atoms with Crippen LogP contribution in [0.15, 0.2) is 42.0 Å². The zero-order valence-corrected chi connectivity index (χ0v) is 17.0. The lowest BCUT2D eigenvalue weighted by Gasteiger charge is -2.28. The molecule has 0 bridgehead atoms. The van der Waals surface area contributed by atoms with Crippen molar-refractivity contribution in [1.29, 1.82) is 0 Å². The van der Waals surface area contributed by atoms with Gasteiger partial charge in [0, 0.05) is 36.0 Å². The van der Waals surface area contributed by atoms with Crippen LogP contribution in [0, 0.1) is 0 Å². The van der Waals surface area contributed by atoms with Gasteiger partial charge in [0.05, 0.1) is 16.6 Å². The van der Waals surface area contributed by atoms with E-state index in [0.717, 1.165) is 12.3 Å². The van der Waals surface area contributed by atoms with Gasteiger partial charge in [-0.2, -0.15) is 13.2 Å². The highest BCUT2D eigenvalue weighted by atomic mass is 32.1. The molecule has 1 atom stereocenters. The molecule has 0 saturated carbocycles. The third kappa shape index (κ3) is 4.43. The lowest BCUT2D eigenvalue weighted by molar-refractivity contribution is -0.148. The van der Waals surface area contributed by atoms with Crippen molar-refractivity contribution < 1.29 is 27.5 Å². The van der Waals surface area contributed by atoms with E-state index in [1.807, 2.05) is 0 Å². The Bertz CT molecular complexity index is 1050. The first-order valence-corrected chi connectivity index (χ1v) is 10.0. The summed E-state index contributed by atoms with van der Waals surface area (Å²) < 4.78 is 45.1. The molecular formula is C20H18F3N3O3S. The van der Waals surface area contributed by atoms with Gasteiger partial charge in [0.25, 0.3) is 5.91 Å². The van der Waals surface area contributed by atoms with E-state index < -0.39 is 29.8 Å². The van der Waals surface area contributed by atoms with Crippen molar-refractivity contribution >= 4 is 39.2 Å². The number of anilines is 1. The molecule has 0 aliphatic rings. The van der Waals surface area contributed by atoms with Gasteiger partial charge in [0.1, 0.15) is 0 Å². The van der Waals surface area contributed by atoms with Crippen LogP contribution in [0.5, 0.6) is 0 Å². The largest absolute Gasteiger partial charge is 0.441 e. The average Bonchev–Trinajstić information content (AvgIpc) is 3.25. The topological polar surface area (TPSA) is 72.4 Å². The number of esters is 1. The van der Waals surface area contributed by atoms with E-state index in [0.29, 0.717) is 11.6 Å². The molecule has 1 unspecified atom stereocenters. The van der Waals surface area contributed by atoms with Crippen LogP contribution in [0.1, 0.15) is 42.6 Å². The molecule has 0 aliphatic carbocycles. The first-order chi connectivity index (χ1) is 14.3. The third-order valence-electron chi connectivity index (χ3n) is 4.30. The Labute approximate surface area is 174 Å². The van der Waals surface area contributed by atoms with Crippen LogP contribution in [0.4, 0.5) is 18.3 Å². The number of pyridine rings is 1. The minimum absolute atomic E-state index is 0.0584. The van der Waals surface area contributed by atoms with Crippen molar-refractivity contribution in [3.8, 4) is 0 Å². The first-order valence-electron chi connectivity index (χ1n) is 9.14. The number of benzene rings is 1. The van der Waals surface area contributed by atoms with Crippen molar-refractivity contribution in [1.82, 2.24) is 9.97 Å². The number of para-hydroxylation sites is 1. The number of carbonyl (C=O) groups excluding carboxylic acids is 2. The molecule has 30 heavy (non-hydrogen) atoms. The van der Waals surface area contributed by atoms with Gasteiger partial charge in [-0.15, -0.1) is 11.3 Å². The van der Waals surface area contributed by atoms with Crippen molar-refractivity contribution in [2.45, 2.75) is 39.1 Å². The molecule has 3 aromatic rings. The molecule has 158 valence electrons. The van der Waals surface area contributed by atoms with Crippen LogP contribution < -0.4 is 4.90 Å². The Hall–Kier alpha value is -3.01. The molecule has 2 heterocycles. The second kappa shape index (κ2) is 8.78. The van der Waals surface area contributed by atoms with Gasteiger partial charge < -0.3 is 4.74 Å². The van der Waals surface area contributed by atoms with Crippen molar-refractivity contribution in [3.05, 3.63) is 53.2 Å². The highest BCUT2D eigenvalue weighted by Crippen LogP contribution is 2.34. The third-order valence-corrected chi connectivity index (χ3v) is 5.07. The van der Waals surface area contributed by atoms with Crippen molar-refractivity contribution in [3.63, 3.8) is 0 Å². The minimum Gasteiger partial charge on any atom is -0.441 e. The second-order valence-electron chi connectivity index (χ2n) is 6.30. The van der Waals surface area contributed by atoms with Gasteiger partial charge in [-0.1, -0.05) is 26.0 Å². The monoisotopic (exact) mass is 437 g/mol. The molecule has 6 nitrogen and oxygen atoms in total. The van der Waals surface area contributed by atoms with Gasteiger partial charge >= 0.3 is 12.1 Å². The molecule has 1 amide bonds. The number of hydrogen-bond donors (Lipinski definition) is 0. The van der Waals surface area contributed by atoms with Gasteiger partial charge in [-0.3, -0.25) is 14.6 Å². The normalized spacial score (nSPS) is 12.6. The smallest absolute Gasteiger partial charge is 0.418 e. The Morgan fingerprint density at radius 1 is 1.23 bits per heavy atom. The fraction of sp³-hybridized carbons (Fsp3) is 0.300. The number of aromatic nitrogens is 2. The number of amides is 1.